The number of carboxylic acids is 2. The highest BCUT2D eigenvalue weighted by Crippen LogP contribution is 2.08. The predicted octanol–water partition coefficient (Wildman–Crippen LogP) is -2.55. The summed E-state index contributed by atoms with van der Waals surface area (Å²) in [5.74, 6) is -6.53. The molecule has 0 aromatic rings. The molecule has 11 N–H and O–H groups in total. The number of hydrogen-bond donors (Lipinski definition) is 9. The number of nitrogens with two attached hydrogens (primary N) is 2. The molecule has 0 aliphatic carbocycles. The zero-order chi connectivity index (χ0) is 33.1. The van der Waals surface area contributed by atoms with Gasteiger partial charge in [-0.15, -0.1) is 0 Å². The van der Waals surface area contributed by atoms with Gasteiger partial charge in [0.2, 0.25) is 35.4 Å². The second-order valence-corrected chi connectivity index (χ2v) is 10.5. The Hall–Kier alpha value is -4.28. The Morgan fingerprint density at radius 1 is 0.651 bits per heavy atom. The van der Waals surface area contributed by atoms with Crippen LogP contribution in [0.3, 0.4) is 0 Å². The SMILES string of the molecule is CC(C)C[C@H](NC(=O)CNC(=O)[C@H](CCCCCC(=O)O)NC(=O)[C@@H](N)CCC(N)=O)C(=O)N[C@@H](C)C(=O)NCC(=O)O. The third kappa shape index (κ3) is 18.7. The van der Waals surface area contributed by atoms with E-state index >= 15 is 0 Å². The van der Waals surface area contributed by atoms with Crippen LogP contribution in [-0.2, 0) is 38.4 Å². The minimum absolute atomic E-state index is 0.0460. The number of amides is 6. The van der Waals surface area contributed by atoms with Gasteiger partial charge in [0.25, 0.3) is 0 Å². The van der Waals surface area contributed by atoms with Crippen LogP contribution in [-0.4, -0.2) is 94.9 Å². The number of aliphatic carboxylic acids is 2. The van der Waals surface area contributed by atoms with Gasteiger partial charge >= 0.3 is 11.9 Å². The molecule has 0 saturated heterocycles. The van der Waals surface area contributed by atoms with Crippen molar-refractivity contribution in [1.29, 1.82) is 0 Å². The first kappa shape index (κ1) is 38.7. The summed E-state index contributed by atoms with van der Waals surface area (Å²) in [6.07, 6.45) is 1.25. The van der Waals surface area contributed by atoms with Crippen molar-refractivity contribution >= 4 is 47.4 Å². The maximum atomic E-state index is 12.9. The monoisotopic (exact) mass is 615 g/mol. The van der Waals surface area contributed by atoms with Crippen LogP contribution in [0.25, 0.3) is 0 Å². The van der Waals surface area contributed by atoms with Gasteiger partial charge in [-0.3, -0.25) is 38.4 Å². The van der Waals surface area contributed by atoms with E-state index < -0.39 is 84.6 Å². The molecule has 17 nitrogen and oxygen atoms in total. The molecule has 0 rings (SSSR count). The third-order valence-corrected chi connectivity index (χ3v) is 6.00. The molecule has 244 valence electrons. The van der Waals surface area contributed by atoms with E-state index in [1.807, 2.05) is 0 Å². The van der Waals surface area contributed by atoms with E-state index in [2.05, 4.69) is 26.6 Å². The second kappa shape index (κ2) is 20.6. The molecule has 0 fully saturated rings. The third-order valence-electron chi connectivity index (χ3n) is 6.00. The average molecular weight is 616 g/mol. The summed E-state index contributed by atoms with van der Waals surface area (Å²) < 4.78 is 0. The summed E-state index contributed by atoms with van der Waals surface area (Å²) in [6, 6.07) is -4.41. The topological polar surface area (TPSA) is 289 Å². The molecule has 0 aromatic heterocycles. The van der Waals surface area contributed by atoms with Gasteiger partial charge in [0, 0.05) is 12.8 Å². The quantitative estimate of drug-likeness (QED) is 0.0571. The van der Waals surface area contributed by atoms with Crippen LogP contribution in [0.5, 0.6) is 0 Å². The van der Waals surface area contributed by atoms with Crippen molar-refractivity contribution < 1.29 is 48.6 Å². The van der Waals surface area contributed by atoms with E-state index in [1.54, 1.807) is 13.8 Å². The van der Waals surface area contributed by atoms with Crippen molar-refractivity contribution in [3.05, 3.63) is 0 Å². The molecule has 4 atom stereocenters. The summed E-state index contributed by atoms with van der Waals surface area (Å²) in [4.78, 5) is 95.2. The van der Waals surface area contributed by atoms with E-state index in [0.717, 1.165) is 0 Å². The van der Waals surface area contributed by atoms with Crippen LogP contribution in [0.1, 0.15) is 72.1 Å². The maximum absolute atomic E-state index is 12.9. The largest absolute Gasteiger partial charge is 0.481 e. The van der Waals surface area contributed by atoms with Gasteiger partial charge in [-0.05, 0) is 38.5 Å². The van der Waals surface area contributed by atoms with Gasteiger partial charge in [0.05, 0.1) is 12.6 Å². The van der Waals surface area contributed by atoms with Crippen molar-refractivity contribution in [1.82, 2.24) is 26.6 Å². The fourth-order valence-corrected chi connectivity index (χ4v) is 3.71. The molecule has 0 unspecified atom stereocenters. The first-order valence-corrected chi connectivity index (χ1v) is 14.0. The number of primary amides is 1. The number of unbranched alkanes of at least 4 members (excludes halogenated alkanes) is 2. The summed E-state index contributed by atoms with van der Waals surface area (Å²) in [6.45, 7) is 3.76. The fraction of sp³-hybridized carbons (Fsp3) is 0.692. The summed E-state index contributed by atoms with van der Waals surface area (Å²) in [5.41, 5.74) is 10.9. The zero-order valence-corrected chi connectivity index (χ0v) is 24.8. The van der Waals surface area contributed by atoms with Crippen LogP contribution in [0.2, 0.25) is 0 Å². The number of hydrogen-bond acceptors (Lipinski definition) is 9. The molecule has 43 heavy (non-hydrogen) atoms. The average Bonchev–Trinajstić information content (AvgIpc) is 2.91. The van der Waals surface area contributed by atoms with E-state index in [9.17, 15) is 38.4 Å². The van der Waals surface area contributed by atoms with E-state index in [1.165, 1.54) is 6.92 Å². The Bertz CT molecular complexity index is 1000. The second-order valence-electron chi connectivity index (χ2n) is 10.5. The fourth-order valence-electron chi connectivity index (χ4n) is 3.71. The lowest BCUT2D eigenvalue weighted by Gasteiger charge is -2.23. The molecular formula is C26H45N7O10. The minimum Gasteiger partial charge on any atom is -0.481 e. The lowest BCUT2D eigenvalue weighted by atomic mass is 10.0. The van der Waals surface area contributed by atoms with Gasteiger partial charge in [-0.2, -0.15) is 0 Å². The van der Waals surface area contributed by atoms with Crippen LogP contribution in [0, 0.1) is 5.92 Å². The number of rotatable bonds is 22. The zero-order valence-electron chi connectivity index (χ0n) is 24.8. The number of nitrogens with one attached hydrogen (secondary N) is 5. The minimum atomic E-state index is -1.26. The van der Waals surface area contributed by atoms with Gasteiger partial charge in [0.15, 0.2) is 0 Å². The van der Waals surface area contributed by atoms with Crippen molar-refractivity contribution in [2.45, 2.75) is 96.3 Å². The highest BCUT2D eigenvalue weighted by atomic mass is 16.4. The summed E-state index contributed by atoms with van der Waals surface area (Å²) >= 11 is 0. The normalized spacial score (nSPS) is 13.5. The van der Waals surface area contributed by atoms with Crippen molar-refractivity contribution in [2.24, 2.45) is 17.4 Å². The highest BCUT2D eigenvalue weighted by molar-refractivity contribution is 5.95. The molecule has 0 saturated carbocycles. The van der Waals surface area contributed by atoms with Crippen molar-refractivity contribution in [3.63, 3.8) is 0 Å². The van der Waals surface area contributed by atoms with Crippen LogP contribution in [0.4, 0.5) is 0 Å². The van der Waals surface area contributed by atoms with Gasteiger partial charge in [-0.1, -0.05) is 26.7 Å². The first-order chi connectivity index (χ1) is 20.0. The number of carboxylic acid groups (broad SMARTS) is 2. The molecule has 6 amide bonds. The molecule has 17 heteroatoms. The molecule has 0 bridgehead atoms. The Morgan fingerprint density at radius 3 is 1.84 bits per heavy atom. The van der Waals surface area contributed by atoms with Gasteiger partial charge in [0.1, 0.15) is 24.7 Å². The van der Waals surface area contributed by atoms with Gasteiger partial charge < -0.3 is 48.3 Å². The van der Waals surface area contributed by atoms with Crippen molar-refractivity contribution in [3.8, 4) is 0 Å². The van der Waals surface area contributed by atoms with Crippen LogP contribution >= 0.6 is 0 Å². The lowest BCUT2D eigenvalue weighted by molar-refractivity contribution is -0.138. The molecule has 0 radical (unpaired) electrons. The summed E-state index contributed by atoms with van der Waals surface area (Å²) in [5, 5.41) is 29.4. The molecule has 0 aliphatic rings. The number of carbonyl (C=O) groups excluding carboxylic acids is 6. The molecular weight excluding hydrogens is 570 g/mol. The van der Waals surface area contributed by atoms with Crippen LogP contribution in [0.15, 0.2) is 0 Å². The highest BCUT2D eigenvalue weighted by Gasteiger charge is 2.27. The predicted molar refractivity (Wildman–Crippen MR) is 152 cm³/mol. The molecule has 0 spiro atoms. The van der Waals surface area contributed by atoms with E-state index in [4.69, 9.17) is 21.7 Å². The molecule has 0 heterocycles. The van der Waals surface area contributed by atoms with E-state index in [-0.39, 0.29) is 38.0 Å². The Morgan fingerprint density at radius 2 is 1.28 bits per heavy atom. The van der Waals surface area contributed by atoms with Gasteiger partial charge in [-0.25, -0.2) is 0 Å². The van der Waals surface area contributed by atoms with E-state index in [0.29, 0.717) is 19.3 Å². The lowest BCUT2D eigenvalue weighted by Crippen LogP contribution is -2.55. The standard InChI is InChI=1S/C26H45N7O10/c1-14(2)11-18(26(43)31-15(3)23(40)30-13-22(38)39)32-20(35)12-29-25(42)17(7-5-4-6-8-21(36)37)33-24(41)16(27)9-10-19(28)34/h14-18H,4-13,27H2,1-3H3,(H2,28,34)(H,29,42)(H,30,40)(H,31,43)(H,32,35)(H,33,41)(H,36,37)(H,38,39)/t15-,16-,17-,18-/m0/s1. The Labute approximate surface area is 249 Å². The molecule has 0 aliphatic heterocycles. The first-order valence-electron chi connectivity index (χ1n) is 14.0. The van der Waals surface area contributed by atoms with Crippen LogP contribution < -0.4 is 38.1 Å². The molecule has 0 aromatic carbocycles. The Kier molecular flexibility index (Phi) is 18.5. The Balaban J connectivity index is 5.25. The van der Waals surface area contributed by atoms with Crippen molar-refractivity contribution in [2.75, 3.05) is 13.1 Å². The maximum Gasteiger partial charge on any atom is 0.322 e. The number of carbonyl (C=O) groups is 8. The smallest absolute Gasteiger partial charge is 0.322 e. The summed E-state index contributed by atoms with van der Waals surface area (Å²) in [7, 11) is 0.